The number of rotatable bonds is 8. The van der Waals surface area contributed by atoms with Crippen LogP contribution < -0.4 is 19.5 Å². The summed E-state index contributed by atoms with van der Waals surface area (Å²) in [4.78, 5) is 28.9. The van der Waals surface area contributed by atoms with Gasteiger partial charge in [0.25, 0.3) is 5.91 Å². The molecule has 0 bridgehead atoms. The zero-order valence-electron chi connectivity index (χ0n) is 19.2. The number of thioether (sulfide) groups is 1. The van der Waals surface area contributed by atoms with Gasteiger partial charge in [0.1, 0.15) is 18.1 Å². The maximum atomic E-state index is 12.4. The van der Waals surface area contributed by atoms with Crippen LogP contribution in [0, 0.1) is 0 Å². The average molecular weight is 495 g/mol. The number of aliphatic imine (C=N–C) groups is 1. The summed E-state index contributed by atoms with van der Waals surface area (Å²) < 4.78 is 26.4. The number of ether oxygens (including phenoxy) is 4. The molecule has 2 aromatic carbocycles. The van der Waals surface area contributed by atoms with Crippen molar-refractivity contribution in [2.75, 3.05) is 21.3 Å². The number of amides is 1. The molecule has 1 saturated heterocycles. The molecule has 9 nitrogen and oxygen atoms in total. The predicted molar refractivity (Wildman–Crippen MR) is 131 cm³/mol. The number of carbonyl (C=O) groups excluding carboxylic acids is 2. The Kier molecular flexibility index (Phi) is 7.41. The van der Waals surface area contributed by atoms with Gasteiger partial charge in [0.15, 0.2) is 16.7 Å². The minimum absolute atomic E-state index is 0.0945. The van der Waals surface area contributed by atoms with Crippen molar-refractivity contribution in [1.29, 1.82) is 0 Å². The summed E-state index contributed by atoms with van der Waals surface area (Å²) in [5.74, 6) is 1.46. The normalized spacial score (nSPS) is 15.2. The molecule has 0 spiro atoms. The van der Waals surface area contributed by atoms with E-state index < -0.39 is 5.97 Å². The van der Waals surface area contributed by atoms with E-state index in [9.17, 15) is 9.59 Å². The summed E-state index contributed by atoms with van der Waals surface area (Å²) in [7, 11) is 4.41. The fourth-order valence-corrected chi connectivity index (χ4v) is 3.96. The smallest absolute Gasteiger partial charge is 0.373 e. The maximum absolute atomic E-state index is 12.4. The quantitative estimate of drug-likeness (QED) is 0.359. The number of amidine groups is 1. The SMILES string of the molecule is COC(=O)c1ccc(COc2ccc(/C=C3/SC(=Nc4ccc(OC)cc4)NC3=O)cc2OC)o1. The van der Waals surface area contributed by atoms with Crippen LogP contribution in [0.1, 0.15) is 21.9 Å². The first-order chi connectivity index (χ1) is 17.0. The van der Waals surface area contributed by atoms with Crippen LogP contribution in [-0.4, -0.2) is 38.4 Å². The number of carbonyl (C=O) groups is 2. The van der Waals surface area contributed by atoms with Gasteiger partial charge in [-0.3, -0.25) is 4.79 Å². The molecule has 0 radical (unpaired) electrons. The lowest BCUT2D eigenvalue weighted by molar-refractivity contribution is -0.115. The Morgan fingerprint density at radius 3 is 2.54 bits per heavy atom. The summed E-state index contributed by atoms with van der Waals surface area (Å²) in [6.45, 7) is 0.0945. The monoisotopic (exact) mass is 494 g/mol. The highest BCUT2D eigenvalue weighted by molar-refractivity contribution is 8.18. The Bertz CT molecular complexity index is 1300. The number of benzene rings is 2. The lowest BCUT2D eigenvalue weighted by atomic mass is 10.2. The fourth-order valence-electron chi connectivity index (χ4n) is 3.11. The molecule has 35 heavy (non-hydrogen) atoms. The lowest BCUT2D eigenvalue weighted by Gasteiger charge is -2.10. The second-order valence-electron chi connectivity index (χ2n) is 7.14. The Morgan fingerprint density at radius 1 is 1.03 bits per heavy atom. The van der Waals surface area contributed by atoms with E-state index in [4.69, 9.17) is 18.6 Å². The van der Waals surface area contributed by atoms with E-state index in [2.05, 4.69) is 15.0 Å². The van der Waals surface area contributed by atoms with Gasteiger partial charge in [0, 0.05) is 0 Å². The number of nitrogens with one attached hydrogen (secondary N) is 1. The third kappa shape index (κ3) is 5.85. The highest BCUT2D eigenvalue weighted by atomic mass is 32.2. The molecule has 1 aromatic heterocycles. The van der Waals surface area contributed by atoms with Gasteiger partial charge in [-0.15, -0.1) is 0 Å². The van der Waals surface area contributed by atoms with Gasteiger partial charge in [0.2, 0.25) is 5.76 Å². The van der Waals surface area contributed by atoms with Crippen molar-refractivity contribution in [2.24, 2.45) is 4.99 Å². The molecule has 1 aliphatic heterocycles. The zero-order chi connectivity index (χ0) is 24.8. The molecule has 0 saturated carbocycles. The van der Waals surface area contributed by atoms with Gasteiger partial charge in [-0.05, 0) is 71.9 Å². The molecular weight excluding hydrogens is 472 g/mol. The number of nitrogens with zero attached hydrogens (tertiary/aromatic N) is 1. The highest BCUT2D eigenvalue weighted by Crippen LogP contribution is 2.33. The van der Waals surface area contributed by atoms with Crippen molar-refractivity contribution in [1.82, 2.24) is 5.32 Å². The van der Waals surface area contributed by atoms with E-state index in [0.29, 0.717) is 33.0 Å². The first kappa shape index (κ1) is 24.0. The molecule has 10 heteroatoms. The van der Waals surface area contributed by atoms with Crippen LogP contribution in [0.25, 0.3) is 6.08 Å². The molecule has 180 valence electrons. The summed E-state index contributed by atoms with van der Waals surface area (Å²) in [5.41, 5.74) is 1.46. The summed E-state index contributed by atoms with van der Waals surface area (Å²) in [6.07, 6.45) is 1.75. The van der Waals surface area contributed by atoms with Crippen LogP contribution in [0.4, 0.5) is 5.69 Å². The third-order valence-corrected chi connectivity index (χ3v) is 5.77. The van der Waals surface area contributed by atoms with E-state index in [1.807, 2.05) is 12.1 Å². The fraction of sp³-hybridized carbons (Fsp3) is 0.160. The van der Waals surface area contributed by atoms with Crippen LogP contribution in [0.5, 0.6) is 17.2 Å². The Labute approximate surface area is 205 Å². The van der Waals surface area contributed by atoms with Crippen LogP contribution >= 0.6 is 11.8 Å². The van der Waals surface area contributed by atoms with Gasteiger partial charge < -0.3 is 28.7 Å². The molecule has 1 fully saturated rings. The largest absolute Gasteiger partial charge is 0.497 e. The number of furan rings is 1. The molecule has 1 aliphatic rings. The summed E-state index contributed by atoms with van der Waals surface area (Å²) in [5, 5.41) is 3.26. The Balaban J connectivity index is 1.44. The highest BCUT2D eigenvalue weighted by Gasteiger charge is 2.24. The first-order valence-electron chi connectivity index (χ1n) is 10.4. The van der Waals surface area contributed by atoms with Crippen molar-refractivity contribution < 1.29 is 33.0 Å². The van der Waals surface area contributed by atoms with Gasteiger partial charge in [-0.1, -0.05) is 6.07 Å². The lowest BCUT2D eigenvalue weighted by Crippen LogP contribution is -2.19. The van der Waals surface area contributed by atoms with Crippen molar-refractivity contribution in [2.45, 2.75) is 6.61 Å². The topological polar surface area (TPSA) is 109 Å². The number of esters is 1. The summed E-state index contributed by atoms with van der Waals surface area (Å²) >= 11 is 1.25. The van der Waals surface area contributed by atoms with E-state index in [1.54, 1.807) is 49.6 Å². The average Bonchev–Trinajstić information content (AvgIpc) is 3.49. The van der Waals surface area contributed by atoms with E-state index in [0.717, 1.165) is 11.3 Å². The minimum Gasteiger partial charge on any atom is -0.497 e. The molecule has 0 unspecified atom stereocenters. The number of hydrogen-bond donors (Lipinski definition) is 1. The van der Waals surface area contributed by atoms with Crippen molar-refractivity contribution >= 4 is 40.6 Å². The van der Waals surface area contributed by atoms with Crippen molar-refractivity contribution in [3.05, 3.63) is 76.6 Å². The van der Waals surface area contributed by atoms with Crippen LogP contribution in [0.2, 0.25) is 0 Å². The molecule has 0 atom stereocenters. The van der Waals surface area contributed by atoms with Gasteiger partial charge >= 0.3 is 5.97 Å². The van der Waals surface area contributed by atoms with Crippen LogP contribution in [0.3, 0.4) is 0 Å². The van der Waals surface area contributed by atoms with Crippen molar-refractivity contribution in [3.63, 3.8) is 0 Å². The second kappa shape index (κ2) is 10.8. The van der Waals surface area contributed by atoms with E-state index >= 15 is 0 Å². The molecule has 3 aromatic rings. The zero-order valence-corrected chi connectivity index (χ0v) is 20.0. The summed E-state index contributed by atoms with van der Waals surface area (Å²) in [6, 6.07) is 15.7. The van der Waals surface area contributed by atoms with Crippen molar-refractivity contribution in [3.8, 4) is 17.2 Å². The first-order valence-corrected chi connectivity index (χ1v) is 11.2. The molecule has 1 N–H and O–H groups in total. The molecule has 1 amide bonds. The van der Waals surface area contributed by atoms with E-state index in [-0.39, 0.29) is 18.3 Å². The van der Waals surface area contributed by atoms with Gasteiger partial charge in [-0.25, -0.2) is 9.79 Å². The molecule has 0 aliphatic carbocycles. The van der Waals surface area contributed by atoms with Crippen LogP contribution in [0.15, 0.2) is 68.9 Å². The second-order valence-corrected chi connectivity index (χ2v) is 8.17. The molecule has 4 rings (SSSR count). The van der Waals surface area contributed by atoms with Gasteiger partial charge in [0.05, 0.1) is 31.9 Å². The standard InChI is InChI=1S/C25H22N2O7S/c1-30-17-7-5-16(6-8-17)26-25-27-23(28)22(35-25)13-15-4-10-19(21(12-15)31-2)33-14-18-9-11-20(34-18)24(29)32-3/h4-13H,14H2,1-3H3,(H,26,27,28)/b22-13+. The minimum atomic E-state index is -0.558. The van der Waals surface area contributed by atoms with Crippen LogP contribution in [-0.2, 0) is 16.1 Å². The molecular formula is C25H22N2O7S. The maximum Gasteiger partial charge on any atom is 0.373 e. The molecule has 2 heterocycles. The Morgan fingerprint density at radius 2 is 1.83 bits per heavy atom. The number of methoxy groups -OCH3 is 3. The number of hydrogen-bond acceptors (Lipinski definition) is 9. The van der Waals surface area contributed by atoms with Gasteiger partial charge in [-0.2, -0.15) is 0 Å². The third-order valence-electron chi connectivity index (χ3n) is 4.86. The Hall–Kier alpha value is -4.18. The predicted octanol–water partition coefficient (Wildman–Crippen LogP) is 4.55. The van der Waals surface area contributed by atoms with E-state index in [1.165, 1.54) is 32.0 Å².